The van der Waals surface area contributed by atoms with Crippen molar-refractivity contribution >= 4 is 21.8 Å². The average molecular weight is 309 g/mol. The highest BCUT2D eigenvalue weighted by molar-refractivity contribution is 7.92. The summed E-state index contributed by atoms with van der Waals surface area (Å²) >= 11 is 0. The van der Waals surface area contributed by atoms with Gasteiger partial charge in [0.15, 0.2) is 5.82 Å². The van der Waals surface area contributed by atoms with Gasteiger partial charge in [-0.15, -0.1) is 0 Å². The van der Waals surface area contributed by atoms with E-state index in [1.54, 1.807) is 0 Å². The molecule has 2 rings (SSSR count). The number of hydrogen-bond donors (Lipinski definition) is 2. The second-order valence-corrected chi connectivity index (χ2v) is 5.52. The van der Waals surface area contributed by atoms with Gasteiger partial charge in [0.25, 0.3) is 10.0 Å². The van der Waals surface area contributed by atoms with E-state index < -0.39 is 16.0 Å². The summed E-state index contributed by atoms with van der Waals surface area (Å²) < 4.78 is 31.7. The van der Waals surface area contributed by atoms with Gasteiger partial charge in [-0.05, 0) is 18.2 Å². The Morgan fingerprint density at radius 2 is 2.10 bits per heavy atom. The third-order valence-electron chi connectivity index (χ3n) is 2.50. The minimum Gasteiger partial charge on any atom is -0.495 e. The van der Waals surface area contributed by atoms with Crippen LogP contribution in [0.25, 0.3) is 0 Å². The van der Waals surface area contributed by atoms with Gasteiger partial charge in [0.1, 0.15) is 10.6 Å². The maximum atomic E-state index is 12.3. The van der Waals surface area contributed by atoms with Crippen LogP contribution in [0.2, 0.25) is 0 Å². The van der Waals surface area contributed by atoms with Gasteiger partial charge in [0.2, 0.25) is 0 Å². The molecule has 0 bridgehead atoms. The van der Waals surface area contributed by atoms with Crippen LogP contribution in [0.4, 0.5) is 5.82 Å². The van der Waals surface area contributed by atoms with Crippen molar-refractivity contribution in [3.05, 3.63) is 42.4 Å². The average Bonchev–Trinajstić information content (AvgIpc) is 2.47. The number of carboxylic acid groups (broad SMARTS) is 1. The SMILES string of the molecule is COc1cc(C(=O)O)ccc1S(=O)(=O)Nc1cnccn1. The summed E-state index contributed by atoms with van der Waals surface area (Å²) in [5.41, 5.74) is -0.0784. The number of carbonyl (C=O) groups is 1. The van der Waals surface area contributed by atoms with Gasteiger partial charge >= 0.3 is 5.97 Å². The standard InChI is InChI=1S/C12H11N3O5S/c1-20-9-6-8(12(16)17)2-3-10(9)21(18,19)15-11-7-13-4-5-14-11/h2-7H,1H3,(H,14,15)(H,16,17). The molecule has 0 aliphatic rings. The Hall–Kier alpha value is -2.68. The number of aromatic carboxylic acids is 1. The maximum Gasteiger partial charge on any atom is 0.335 e. The zero-order valence-electron chi connectivity index (χ0n) is 10.8. The highest BCUT2D eigenvalue weighted by Gasteiger charge is 2.21. The van der Waals surface area contributed by atoms with Gasteiger partial charge in [-0.25, -0.2) is 18.2 Å². The molecule has 2 N–H and O–H groups in total. The lowest BCUT2D eigenvalue weighted by atomic mass is 10.2. The van der Waals surface area contributed by atoms with Crippen molar-refractivity contribution in [2.45, 2.75) is 4.90 Å². The van der Waals surface area contributed by atoms with Crippen molar-refractivity contribution < 1.29 is 23.1 Å². The first-order valence-electron chi connectivity index (χ1n) is 5.64. The molecule has 0 saturated heterocycles. The van der Waals surface area contributed by atoms with Crippen LogP contribution in [0.5, 0.6) is 5.75 Å². The van der Waals surface area contributed by atoms with E-state index in [9.17, 15) is 13.2 Å². The maximum absolute atomic E-state index is 12.3. The molecule has 8 nitrogen and oxygen atoms in total. The summed E-state index contributed by atoms with van der Waals surface area (Å²) in [7, 11) is -2.72. The molecule has 0 radical (unpaired) electrons. The van der Waals surface area contributed by atoms with Crippen molar-refractivity contribution in [2.75, 3.05) is 11.8 Å². The van der Waals surface area contributed by atoms with E-state index in [0.717, 1.165) is 12.1 Å². The van der Waals surface area contributed by atoms with E-state index in [4.69, 9.17) is 9.84 Å². The molecule has 1 heterocycles. The minimum atomic E-state index is -3.97. The van der Waals surface area contributed by atoms with Gasteiger partial charge in [-0.1, -0.05) is 0 Å². The summed E-state index contributed by atoms with van der Waals surface area (Å²) in [6.07, 6.45) is 3.98. The van der Waals surface area contributed by atoms with Crippen LogP contribution in [0, 0.1) is 0 Å². The molecule has 9 heteroatoms. The first kappa shape index (κ1) is 14.7. The number of anilines is 1. The molecular formula is C12H11N3O5S. The van der Waals surface area contributed by atoms with Crippen LogP contribution in [-0.4, -0.2) is 36.6 Å². The van der Waals surface area contributed by atoms with Crippen molar-refractivity contribution in [3.8, 4) is 5.75 Å². The smallest absolute Gasteiger partial charge is 0.335 e. The zero-order chi connectivity index (χ0) is 15.5. The zero-order valence-corrected chi connectivity index (χ0v) is 11.7. The summed E-state index contributed by atoms with van der Waals surface area (Å²) in [6, 6.07) is 3.46. The highest BCUT2D eigenvalue weighted by Crippen LogP contribution is 2.26. The van der Waals surface area contributed by atoms with Gasteiger partial charge < -0.3 is 9.84 Å². The molecule has 0 spiro atoms. The minimum absolute atomic E-state index is 0.0434. The van der Waals surface area contributed by atoms with E-state index in [-0.39, 0.29) is 22.0 Å². The van der Waals surface area contributed by atoms with Gasteiger partial charge in [0, 0.05) is 12.4 Å². The number of benzene rings is 1. The van der Waals surface area contributed by atoms with Gasteiger partial charge in [-0.2, -0.15) is 0 Å². The van der Waals surface area contributed by atoms with E-state index in [0.29, 0.717) is 0 Å². The van der Waals surface area contributed by atoms with E-state index in [1.807, 2.05) is 0 Å². The predicted molar refractivity (Wildman–Crippen MR) is 72.8 cm³/mol. The number of nitrogens with one attached hydrogen (secondary N) is 1. The molecule has 0 atom stereocenters. The number of methoxy groups -OCH3 is 1. The van der Waals surface area contributed by atoms with Crippen molar-refractivity contribution in [1.82, 2.24) is 9.97 Å². The molecule has 110 valence electrons. The van der Waals surface area contributed by atoms with Crippen LogP contribution < -0.4 is 9.46 Å². The predicted octanol–water partition coefficient (Wildman–Crippen LogP) is 0.984. The summed E-state index contributed by atoms with van der Waals surface area (Å²) in [5, 5.41) is 8.89. The number of aromatic nitrogens is 2. The molecule has 0 fully saturated rings. The largest absolute Gasteiger partial charge is 0.495 e. The Bertz CT molecular complexity index is 762. The fraction of sp³-hybridized carbons (Fsp3) is 0.0833. The molecule has 1 aromatic carbocycles. The lowest BCUT2D eigenvalue weighted by Crippen LogP contribution is -2.15. The summed E-state index contributed by atoms with van der Waals surface area (Å²) in [6.45, 7) is 0. The first-order chi connectivity index (χ1) is 9.94. The number of hydrogen-bond acceptors (Lipinski definition) is 6. The molecular weight excluding hydrogens is 298 g/mol. The van der Waals surface area contributed by atoms with Crippen molar-refractivity contribution in [2.24, 2.45) is 0 Å². The van der Waals surface area contributed by atoms with E-state index in [2.05, 4.69) is 14.7 Å². The third-order valence-corrected chi connectivity index (χ3v) is 3.90. The van der Waals surface area contributed by atoms with Gasteiger partial charge in [0.05, 0.1) is 18.9 Å². The van der Waals surface area contributed by atoms with Crippen LogP contribution >= 0.6 is 0 Å². The topological polar surface area (TPSA) is 118 Å². The second kappa shape index (κ2) is 5.75. The fourth-order valence-corrected chi connectivity index (χ4v) is 2.71. The third kappa shape index (κ3) is 3.26. The summed E-state index contributed by atoms with van der Waals surface area (Å²) in [5.74, 6) is -1.22. The van der Waals surface area contributed by atoms with Crippen LogP contribution in [0.15, 0.2) is 41.7 Å². The fourth-order valence-electron chi connectivity index (χ4n) is 1.57. The molecule has 0 aliphatic heterocycles. The molecule has 1 aromatic heterocycles. The first-order valence-corrected chi connectivity index (χ1v) is 7.12. The Labute approximate surface area is 120 Å². The number of sulfonamides is 1. The Kier molecular flexibility index (Phi) is 4.03. The van der Waals surface area contributed by atoms with Crippen molar-refractivity contribution in [3.63, 3.8) is 0 Å². The Morgan fingerprint density at radius 3 is 2.67 bits per heavy atom. The molecule has 21 heavy (non-hydrogen) atoms. The molecule has 0 unspecified atom stereocenters. The molecule has 0 amide bonds. The number of carboxylic acids is 1. The summed E-state index contributed by atoms with van der Waals surface area (Å²) in [4.78, 5) is 18.2. The van der Waals surface area contributed by atoms with Gasteiger partial charge in [-0.3, -0.25) is 9.71 Å². The van der Waals surface area contributed by atoms with Crippen LogP contribution in [0.3, 0.4) is 0 Å². The molecule has 0 aliphatic carbocycles. The second-order valence-electron chi connectivity index (χ2n) is 3.87. The lowest BCUT2D eigenvalue weighted by molar-refractivity contribution is 0.0696. The lowest BCUT2D eigenvalue weighted by Gasteiger charge is -2.11. The van der Waals surface area contributed by atoms with Crippen LogP contribution in [0.1, 0.15) is 10.4 Å². The molecule has 2 aromatic rings. The Morgan fingerprint density at radius 1 is 1.33 bits per heavy atom. The normalized spacial score (nSPS) is 10.9. The highest BCUT2D eigenvalue weighted by atomic mass is 32.2. The Balaban J connectivity index is 2.42. The number of rotatable bonds is 5. The van der Waals surface area contributed by atoms with E-state index in [1.165, 1.54) is 31.8 Å². The van der Waals surface area contributed by atoms with E-state index >= 15 is 0 Å². The quantitative estimate of drug-likeness (QED) is 0.845. The number of nitrogens with zero attached hydrogens (tertiary/aromatic N) is 2. The van der Waals surface area contributed by atoms with Crippen molar-refractivity contribution in [1.29, 1.82) is 0 Å². The number of ether oxygens (including phenoxy) is 1. The van der Waals surface area contributed by atoms with Crippen LogP contribution in [-0.2, 0) is 10.0 Å². The molecule has 0 saturated carbocycles. The monoisotopic (exact) mass is 309 g/mol.